The topological polar surface area (TPSA) is 136 Å². The molecule has 3 aliphatic carbocycles. The fraction of sp³-hybridized carbons (Fsp3) is 1.00. The molecule has 3 saturated carbocycles. The van der Waals surface area contributed by atoms with Crippen molar-refractivity contribution in [3.63, 3.8) is 0 Å². The summed E-state index contributed by atoms with van der Waals surface area (Å²) < 4.78 is 15.6. The Morgan fingerprint density at radius 2 is 0.710 bits per heavy atom. The third kappa shape index (κ3) is 8.23. The van der Waals surface area contributed by atoms with Crippen LogP contribution in [0.25, 0.3) is 0 Å². The van der Waals surface area contributed by atoms with Crippen molar-refractivity contribution in [2.75, 3.05) is 0 Å². The second-order valence-electron chi connectivity index (χ2n) is 8.65. The van der Waals surface area contributed by atoms with Crippen molar-refractivity contribution in [1.82, 2.24) is 0 Å². The Morgan fingerprint density at radius 3 is 0.968 bits per heavy atom. The van der Waals surface area contributed by atoms with Gasteiger partial charge in [-0.2, -0.15) is 11.8 Å². The monoisotopic (exact) mass is 459 g/mol. The van der Waals surface area contributed by atoms with E-state index in [1.54, 1.807) is 0 Å². The van der Waals surface area contributed by atoms with Gasteiger partial charge in [0.1, 0.15) is 14.6 Å². The molecule has 0 aromatic carbocycles. The van der Waals surface area contributed by atoms with Gasteiger partial charge >= 0.3 is 15.1 Å². The molecule has 13 heteroatoms. The second kappa shape index (κ2) is 13.2. The molecule has 174 valence electrons. The fourth-order valence-corrected chi connectivity index (χ4v) is 5.01. The highest BCUT2D eigenvalue weighted by atomic mass is 27.3. The maximum atomic E-state index is 8.03. The largest absolute Gasteiger partial charge is 1.04 e. The minimum absolute atomic E-state index is 0.0601. The minimum atomic E-state index is -3.22. The van der Waals surface area contributed by atoms with Crippen molar-refractivity contribution >= 4 is 15.1 Å². The fourth-order valence-electron chi connectivity index (χ4n) is 4.42. The van der Waals surface area contributed by atoms with Crippen molar-refractivity contribution in [1.29, 1.82) is 16.6 Å². The molecule has 3 rings (SSSR count). The van der Waals surface area contributed by atoms with E-state index in [0.29, 0.717) is 0 Å². The molecular formula is C18H36AlN6O6+3. The van der Waals surface area contributed by atoms with E-state index in [-0.39, 0.29) is 18.1 Å². The predicted molar refractivity (Wildman–Crippen MR) is 102 cm³/mol. The van der Waals surface area contributed by atoms with Gasteiger partial charge in [0.2, 0.25) is 18.1 Å². The van der Waals surface area contributed by atoms with Gasteiger partial charge in [-0.1, -0.05) is 34.2 Å². The van der Waals surface area contributed by atoms with Crippen LogP contribution < -0.4 is 0 Å². The lowest BCUT2D eigenvalue weighted by molar-refractivity contribution is -0.957. The highest BCUT2D eigenvalue weighted by molar-refractivity contribution is 6.35. The third-order valence-electron chi connectivity index (χ3n) is 6.32. The first-order chi connectivity index (χ1) is 15.1. The zero-order chi connectivity index (χ0) is 21.9. The zero-order valence-corrected chi connectivity index (χ0v) is 19.4. The quantitative estimate of drug-likeness (QED) is 0.127. The smallest absolute Gasteiger partial charge is 0.183 e. The number of nitrogens with zero attached hydrogens (tertiary/aromatic N) is 3. The normalized spacial score (nSPS) is 21.3. The summed E-state index contributed by atoms with van der Waals surface area (Å²) >= 11 is -3.22. The molecule has 0 radical (unpaired) electrons. The lowest BCUT2D eigenvalue weighted by atomic mass is 9.96. The molecular weight excluding hydrogens is 423 g/mol. The molecule has 0 aliphatic heterocycles. The van der Waals surface area contributed by atoms with Crippen LogP contribution in [0.4, 0.5) is 0 Å². The lowest BCUT2D eigenvalue weighted by Crippen LogP contribution is -2.37. The molecule has 0 saturated heterocycles. The van der Waals surface area contributed by atoms with Crippen LogP contribution in [0.1, 0.15) is 96.3 Å². The van der Waals surface area contributed by atoms with Gasteiger partial charge < -0.3 is 0 Å². The van der Waals surface area contributed by atoms with Crippen LogP contribution in [0.3, 0.4) is 0 Å². The highest BCUT2D eigenvalue weighted by Gasteiger charge is 2.48. The summed E-state index contributed by atoms with van der Waals surface area (Å²) in [6, 6.07) is -0.180. The van der Waals surface area contributed by atoms with E-state index < -0.39 is 15.1 Å². The Balaban J connectivity index is 1.47. The van der Waals surface area contributed by atoms with Gasteiger partial charge in [0.15, 0.2) is 0 Å². The molecule has 31 heavy (non-hydrogen) atoms. The summed E-state index contributed by atoms with van der Waals surface area (Å²) in [6.45, 7) is 0. The molecule has 0 aromatic heterocycles. The van der Waals surface area contributed by atoms with Gasteiger partial charge in [-0.25, -0.2) is 0 Å². The van der Waals surface area contributed by atoms with Crippen molar-refractivity contribution in [3.8, 4) is 0 Å². The van der Waals surface area contributed by atoms with Crippen molar-refractivity contribution < 1.29 is 41.4 Å². The molecule has 0 heterocycles. The number of hydroxylamine groups is 3. The van der Waals surface area contributed by atoms with Crippen molar-refractivity contribution in [2.24, 2.45) is 0 Å². The Kier molecular flexibility index (Phi) is 10.4. The third-order valence-corrected chi connectivity index (χ3v) is 7.05. The van der Waals surface area contributed by atoms with E-state index >= 15 is 0 Å². The molecule has 0 unspecified atom stereocenters. The highest BCUT2D eigenvalue weighted by Crippen LogP contribution is 2.22. The van der Waals surface area contributed by atoms with E-state index in [9.17, 15) is 0 Å². The number of hydrogen-bond acceptors (Lipinski definition) is 9. The summed E-state index contributed by atoms with van der Waals surface area (Å²) in [5.41, 5.74) is 24.1. The van der Waals surface area contributed by atoms with Crippen LogP contribution in [0.2, 0.25) is 0 Å². The predicted octanol–water partition coefficient (Wildman–Crippen LogP) is 4.69. The van der Waals surface area contributed by atoms with E-state index in [2.05, 4.69) is 0 Å². The van der Waals surface area contributed by atoms with E-state index in [1.165, 1.54) is 0 Å². The van der Waals surface area contributed by atoms with Crippen LogP contribution >= 0.6 is 0 Å². The maximum absolute atomic E-state index is 8.03. The van der Waals surface area contributed by atoms with Gasteiger partial charge in [0.25, 0.3) is 0 Å². The number of nitrogens with one attached hydrogen (secondary N) is 3. The average Bonchev–Trinajstić information content (AvgIpc) is 2.84. The summed E-state index contributed by atoms with van der Waals surface area (Å²) in [4.78, 5) is 18.0. The van der Waals surface area contributed by atoms with Crippen LogP contribution in [0.15, 0.2) is 0 Å². The van der Waals surface area contributed by atoms with Crippen LogP contribution in [0, 0.1) is 16.6 Å². The number of hydrogen-bond donors (Lipinski definition) is 3. The molecule has 0 bridgehead atoms. The molecule has 12 nitrogen and oxygen atoms in total. The number of rotatable bonds is 12. The minimum Gasteiger partial charge on any atom is -0.183 e. The van der Waals surface area contributed by atoms with Crippen LogP contribution in [-0.2, 0) is 26.8 Å². The molecule has 0 aromatic rings. The van der Waals surface area contributed by atoms with Crippen molar-refractivity contribution in [3.05, 3.63) is 0 Å². The first-order valence-corrected chi connectivity index (χ1v) is 13.1. The molecule has 0 atom stereocenters. The summed E-state index contributed by atoms with van der Waals surface area (Å²) in [5.74, 6) is 0. The van der Waals surface area contributed by atoms with Gasteiger partial charge in [0, 0.05) is 38.5 Å². The van der Waals surface area contributed by atoms with Gasteiger partial charge in [-0.05, 0) is 55.1 Å². The first-order valence-electron chi connectivity index (χ1n) is 11.6. The van der Waals surface area contributed by atoms with E-state index in [4.69, 9.17) is 43.4 Å². The Hall–Kier alpha value is -1.39. The Morgan fingerprint density at radius 1 is 0.452 bits per heavy atom. The Bertz CT molecular complexity index is 515. The first kappa shape index (κ1) is 24.3. The lowest BCUT2D eigenvalue weighted by Gasteiger charge is -2.16. The van der Waals surface area contributed by atoms with Gasteiger partial charge in [0.05, 0.1) is 0 Å². The summed E-state index contributed by atoms with van der Waals surface area (Å²) in [5, 5.41) is 0. The summed E-state index contributed by atoms with van der Waals surface area (Å²) in [7, 11) is 0. The van der Waals surface area contributed by atoms with E-state index in [0.717, 1.165) is 111 Å². The summed E-state index contributed by atoms with van der Waals surface area (Å²) in [6.07, 6.45) is 14.9. The van der Waals surface area contributed by atoms with Crippen LogP contribution in [0.5, 0.6) is 0 Å². The average molecular weight is 460 g/mol. The van der Waals surface area contributed by atoms with Crippen molar-refractivity contribution in [2.45, 2.75) is 114 Å². The van der Waals surface area contributed by atoms with E-state index in [1.807, 2.05) is 0 Å². The van der Waals surface area contributed by atoms with Gasteiger partial charge in [-0.15, -0.1) is 0 Å². The molecule has 0 amide bonds. The zero-order valence-electron chi connectivity index (χ0n) is 18.2. The molecule has 0 spiro atoms. The molecule has 3 fully saturated rings. The van der Waals surface area contributed by atoms with Crippen LogP contribution in [-0.4, -0.2) is 47.9 Å². The molecule has 3 N–H and O–H groups in total. The standard InChI is InChI=1S/3C6H12N2O2.Al/c3*7-8(10-9)6-4-2-1-3-5-6;/h3*6-7H,1-5H2;/q;;;+3. The molecule has 3 aliphatic rings. The second-order valence-corrected chi connectivity index (χ2v) is 9.81. The Labute approximate surface area is 187 Å². The maximum Gasteiger partial charge on any atom is 1.04 e. The SMILES string of the molecule is N=[N+](O[O][Al]([O]O[N+](=N)C1CCCCC1)[O]O[N+](=N)C1CCCCC1)C1CCCCC1. The van der Waals surface area contributed by atoms with Gasteiger partial charge in [-0.3, -0.25) is 0 Å².